The Balaban J connectivity index is 2.11. The minimum Gasteiger partial charge on any atom is -0.355 e. The summed E-state index contributed by atoms with van der Waals surface area (Å²) in [4.78, 5) is 27.3. The van der Waals surface area contributed by atoms with E-state index in [-0.39, 0.29) is 17.6 Å². The molecule has 0 radical (unpaired) electrons. The number of rotatable bonds is 10. The smallest absolute Gasteiger partial charge is 0.242 e. The standard InChI is InChI=1S/C22H26Cl2N2O2S/c1-3-20(22(28)25-4-2)26(13-17-7-5-6-8-19(17)24)21(27)15-29-14-16-9-11-18(23)12-10-16/h5-12,20H,3-4,13-15H2,1-2H3,(H,25,28)/t20-/m0/s1. The SMILES string of the molecule is CCNC(=O)[C@H](CC)N(Cc1ccccc1Cl)C(=O)CSCc1ccc(Cl)cc1. The normalized spacial score (nSPS) is 11.7. The fourth-order valence-corrected chi connectivity index (χ4v) is 4.13. The zero-order valence-electron chi connectivity index (χ0n) is 16.7. The molecule has 7 heteroatoms. The quantitative estimate of drug-likeness (QED) is 0.540. The third-order valence-electron chi connectivity index (χ3n) is 4.44. The molecule has 0 fully saturated rings. The first-order valence-corrected chi connectivity index (χ1v) is 11.5. The van der Waals surface area contributed by atoms with Gasteiger partial charge < -0.3 is 10.2 Å². The van der Waals surface area contributed by atoms with Crippen molar-refractivity contribution in [1.29, 1.82) is 0 Å². The number of amides is 2. The predicted octanol–water partition coefficient (Wildman–Crippen LogP) is 5.17. The maximum atomic E-state index is 13.1. The molecule has 29 heavy (non-hydrogen) atoms. The molecule has 0 spiro atoms. The first-order valence-electron chi connectivity index (χ1n) is 9.59. The van der Waals surface area contributed by atoms with Crippen molar-refractivity contribution in [3.8, 4) is 0 Å². The molecule has 0 aliphatic heterocycles. The lowest BCUT2D eigenvalue weighted by molar-refractivity contribution is -0.139. The number of carbonyl (C=O) groups excluding carboxylic acids is 2. The van der Waals surface area contributed by atoms with Crippen molar-refractivity contribution in [2.24, 2.45) is 0 Å². The number of likely N-dealkylation sites (N-methyl/N-ethyl adjacent to an activating group) is 1. The summed E-state index contributed by atoms with van der Waals surface area (Å²) in [5.41, 5.74) is 1.92. The van der Waals surface area contributed by atoms with E-state index in [0.29, 0.717) is 35.3 Å². The number of hydrogen-bond acceptors (Lipinski definition) is 3. The number of hydrogen-bond donors (Lipinski definition) is 1. The van der Waals surface area contributed by atoms with Crippen molar-refractivity contribution in [3.63, 3.8) is 0 Å². The van der Waals surface area contributed by atoms with Gasteiger partial charge in [-0.25, -0.2) is 0 Å². The lowest BCUT2D eigenvalue weighted by Gasteiger charge is -2.30. The topological polar surface area (TPSA) is 49.4 Å². The highest BCUT2D eigenvalue weighted by Gasteiger charge is 2.28. The molecule has 1 N–H and O–H groups in total. The highest BCUT2D eigenvalue weighted by Crippen LogP contribution is 2.21. The Kier molecular flexibility index (Phi) is 9.85. The predicted molar refractivity (Wildman–Crippen MR) is 122 cm³/mol. The summed E-state index contributed by atoms with van der Waals surface area (Å²) in [6.07, 6.45) is 0.532. The molecule has 1 atom stereocenters. The van der Waals surface area contributed by atoms with Crippen LogP contribution in [0.15, 0.2) is 48.5 Å². The first kappa shape index (κ1) is 23.6. The van der Waals surface area contributed by atoms with Crippen molar-refractivity contribution in [2.45, 2.75) is 38.6 Å². The van der Waals surface area contributed by atoms with Gasteiger partial charge in [0.05, 0.1) is 5.75 Å². The minimum atomic E-state index is -0.533. The summed E-state index contributed by atoms with van der Waals surface area (Å²) in [6, 6.07) is 14.4. The van der Waals surface area contributed by atoms with Gasteiger partial charge in [0, 0.05) is 28.9 Å². The average molecular weight is 453 g/mol. The van der Waals surface area contributed by atoms with Gasteiger partial charge in [0.1, 0.15) is 6.04 Å². The fourth-order valence-electron chi connectivity index (χ4n) is 2.94. The van der Waals surface area contributed by atoms with Crippen LogP contribution in [0.1, 0.15) is 31.4 Å². The summed E-state index contributed by atoms with van der Waals surface area (Å²) < 4.78 is 0. The van der Waals surface area contributed by atoms with Crippen molar-refractivity contribution in [3.05, 3.63) is 69.7 Å². The molecule has 2 aromatic carbocycles. The summed E-state index contributed by atoms with van der Waals surface area (Å²) >= 11 is 13.7. The van der Waals surface area contributed by atoms with Gasteiger partial charge in [0.25, 0.3) is 0 Å². The van der Waals surface area contributed by atoms with Crippen molar-refractivity contribution < 1.29 is 9.59 Å². The Bertz CT molecular complexity index is 815. The third kappa shape index (κ3) is 7.25. The van der Waals surface area contributed by atoms with Gasteiger partial charge in [-0.15, -0.1) is 11.8 Å². The maximum absolute atomic E-state index is 13.1. The Morgan fingerprint density at radius 1 is 1.07 bits per heavy atom. The molecule has 0 heterocycles. The summed E-state index contributed by atoms with van der Waals surface area (Å²) in [5, 5.41) is 4.11. The molecule has 0 saturated heterocycles. The minimum absolute atomic E-state index is 0.0815. The van der Waals surface area contributed by atoms with Gasteiger partial charge in [0.15, 0.2) is 0 Å². The zero-order chi connectivity index (χ0) is 21.2. The van der Waals surface area contributed by atoms with Crippen LogP contribution in [0, 0.1) is 0 Å². The van der Waals surface area contributed by atoms with Crippen LogP contribution in [0.4, 0.5) is 0 Å². The van der Waals surface area contributed by atoms with Crippen molar-refractivity contribution in [1.82, 2.24) is 10.2 Å². The van der Waals surface area contributed by atoms with E-state index in [4.69, 9.17) is 23.2 Å². The largest absolute Gasteiger partial charge is 0.355 e. The molecule has 0 saturated carbocycles. The molecule has 2 aromatic rings. The fraction of sp³-hybridized carbons (Fsp3) is 0.364. The third-order valence-corrected chi connectivity index (χ3v) is 6.05. The van der Waals surface area contributed by atoms with Gasteiger partial charge >= 0.3 is 0 Å². The Morgan fingerprint density at radius 3 is 2.38 bits per heavy atom. The van der Waals surface area contributed by atoms with Gasteiger partial charge in [-0.1, -0.05) is 60.5 Å². The van der Waals surface area contributed by atoms with Crippen LogP contribution in [0.25, 0.3) is 0 Å². The lowest BCUT2D eigenvalue weighted by atomic mass is 10.1. The number of benzene rings is 2. The van der Waals surface area contributed by atoms with Gasteiger partial charge in [-0.05, 0) is 42.7 Å². The average Bonchev–Trinajstić information content (AvgIpc) is 2.71. The van der Waals surface area contributed by atoms with E-state index in [9.17, 15) is 9.59 Å². The van der Waals surface area contributed by atoms with E-state index in [1.54, 1.807) is 11.0 Å². The van der Waals surface area contributed by atoms with Crippen molar-refractivity contribution in [2.75, 3.05) is 12.3 Å². The Morgan fingerprint density at radius 2 is 1.76 bits per heavy atom. The summed E-state index contributed by atoms with van der Waals surface area (Å²) in [6.45, 7) is 4.60. The Hall–Kier alpha value is -1.69. The highest BCUT2D eigenvalue weighted by molar-refractivity contribution is 7.99. The number of carbonyl (C=O) groups is 2. The molecule has 0 aliphatic rings. The molecular formula is C22H26Cl2N2O2S. The van der Waals surface area contributed by atoms with Crippen LogP contribution in [0.3, 0.4) is 0 Å². The Labute approximate surface area is 187 Å². The molecule has 2 rings (SSSR count). The number of nitrogens with zero attached hydrogens (tertiary/aromatic N) is 1. The number of nitrogens with one attached hydrogen (secondary N) is 1. The van der Waals surface area contributed by atoms with Crippen LogP contribution in [0.5, 0.6) is 0 Å². The molecule has 0 aromatic heterocycles. The van der Waals surface area contributed by atoms with E-state index in [1.165, 1.54) is 11.8 Å². The summed E-state index contributed by atoms with van der Waals surface area (Å²) in [5.74, 6) is 0.754. The molecule has 0 aliphatic carbocycles. The van der Waals surface area contributed by atoms with Crippen LogP contribution in [0.2, 0.25) is 10.0 Å². The molecule has 156 valence electrons. The highest BCUT2D eigenvalue weighted by atomic mass is 35.5. The monoisotopic (exact) mass is 452 g/mol. The van der Waals surface area contributed by atoms with E-state index < -0.39 is 6.04 Å². The van der Waals surface area contributed by atoms with E-state index in [2.05, 4.69) is 5.32 Å². The second-order valence-electron chi connectivity index (χ2n) is 6.55. The second kappa shape index (κ2) is 12.1. The van der Waals surface area contributed by atoms with E-state index in [0.717, 1.165) is 11.1 Å². The van der Waals surface area contributed by atoms with E-state index in [1.807, 2.05) is 56.3 Å². The maximum Gasteiger partial charge on any atom is 0.242 e. The summed E-state index contributed by atoms with van der Waals surface area (Å²) in [7, 11) is 0. The van der Waals surface area contributed by atoms with Crippen LogP contribution in [-0.2, 0) is 21.9 Å². The first-order chi connectivity index (χ1) is 14.0. The zero-order valence-corrected chi connectivity index (χ0v) is 19.0. The molecule has 0 bridgehead atoms. The van der Waals surface area contributed by atoms with Gasteiger partial charge in [-0.2, -0.15) is 0 Å². The molecular weight excluding hydrogens is 427 g/mol. The van der Waals surface area contributed by atoms with Crippen LogP contribution in [-0.4, -0.2) is 35.1 Å². The second-order valence-corrected chi connectivity index (χ2v) is 8.38. The van der Waals surface area contributed by atoms with Gasteiger partial charge in [0.2, 0.25) is 11.8 Å². The van der Waals surface area contributed by atoms with Crippen LogP contribution >= 0.6 is 35.0 Å². The molecule has 2 amide bonds. The number of halogens is 2. The molecule has 0 unspecified atom stereocenters. The van der Waals surface area contributed by atoms with E-state index >= 15 is 0 Å². The lowest BCUT2D eigenvalue weighted by Crippen LogP contribution is -2.49. The molecule has 4 nitrogen and oxygen atoms in total. The number of thioether (sulfide) groups is 1. The van der Waals surface area contributed by atoms with Crippen LogP contribution < -0.4 is 5.32 Å². The van der Waals surface area contributed by atoms with Crippen molar-refractivity contribution >= 4 is 46.8 Å². The van der Waals surface area contributed by atoms with Gasteiger partial charge in [-0.3, -0.25) is 9.59 Å².